The van der Waals surface area contributed by atoms with E-state index in [1.807, 2.05) is 6.92 Å². The summed E-state index contributed by atoms with van der Waals surface area (Å²) in [6.45, 7) is 3.04. The second-order valence-corrected chi connectivity index (χ2v) is 2.82. The van der Waals surface area contributed by atoms with Crippen molar-refractivity contribution in [2.45, 2.75) is 19.9 Å². The number of carbonyl (C=O) groups is 1. The molecule has 0 bridgehead atoms. The van der Waals surface area contributed by atoms with Gasteiger partial charge in [0.25, 0.3) is 5.91 Å². The van der Waals surface area contributed by atoms with Gasteiger partial charge >= 0.3 is 0 Å². The molecule has 14 heavy (non-hydrogen) atoms. The summed E-state index contributed by atoms with van der Waals surface area (Å²) >= 11 is 0. The van der Waals surface area contributed by atoms with Gasteiger partial charge in [0.15, 0.2) is 5.69 Å². The summed E-state index contributed by atoms with van der Waals surface area (Å²) in [5.74, 6) is -0.537. The molecular weight excluding hydrogens is 184 g/mol. The molecule has 0 aliphatic heterocycles. The molecule has 78 valence electrons. The standard InChI is InChI=1S/C8H14N4O2/c1-3-6-7(8(9)13)10-11-12(6)4-5-14-2/h3-5H2,1-2H3,(H2,9,13). The molecule has 0 aliphatic carbocycles. The van der Waals surface area contributed by atoms with Crippen molar-refractivity contribution < 1.29 is 9.53 Å². The van der Waals surface area contributed by atoms with Crippen molar-refractivity contribution in [3.63, 3.8) is 0 Å². The van der Waals surface area contributed by atoms with E-state index in [4.69, 9.17) is 10.5 Å². The van der Waals surface area contributed by atoms with Gasteiger partial charge in [0.05, 0.1) is 18.8 Å². The maximum atomic E-state index is 10.9. The number of rotatable bonds is 5. The molecule has 0 atom stereocenters. The van der Waals surface area contributed by atoms with E-state index in [9.17, 15) is 4.79 Å². The van der Waals surface area contributed by atoms with Crippen LogP contribution in [-0.4, -0.2) is 34.6 Å². The summed E-state index contributed by atoms with van der Waals surface area (Å²) in [6.07, 6.45) is 0.676. The lowest BCUT2D eigenvalue weighted by Gasteiger charge is -2.03. The van der Waals surface area contributed by atoms with Gasteiger partial charge in [-0.15, -0.1) is 5.10 Å². The predicted molar refractivity (Wildman–Crippen MR) is 49.8 cm³/mol. The highest BCUT2D eigenvalue weighted by atomic mass is 16.5. The van der Waals surface area contributed by atoms with Gasteiger partial charge < -0.3 is 10.5 Å². The van der Waals surface area contributed by atoms with Gasteiger partial charge in [0, 0.05) is 7.11 Å². The average Bonchev–Trinajstić information content (AvgIpc) is 2.57. The van der Waals surface area contributed by atoms with E-state index in [-0.39, 0.29) is 5.69 Å². The minimum Gasteiger partial charge on any atom is -0.383 e. The molecule has 6 heteroatoms. The largest absolute Gasteiger partial charge is 0.383 e. The highest BCUT2D eigenvalue weighted by Gasteiger charge is 2.14. The predicted octanol–water partition coefficient (Wildman–Crippen LogP) is -0.414. The third kappa shape index (κ3) is 2.08. The third-order valence-corrected chi connectivity index (χ3v) is 1.91. The first-order chi connectivity index (χ1) is 6.70. The van der Waals surface area contributed by atoms with Gasteiger partial charge in [-0.25, -0.2) is 4.68 Å². The lowest BCUT2D eigenvalue weighted by atomic mass is 10.2. The number of nitrogens with two attached hydrogens (primary N) is 1. The molecule has 0 radical (unpaired) electrons. The Morgan fingerprint density at radius 1 is 1.64 bits per heavy atom. The number of hydrogen-bond acceptors (Lipinski definition) is 4. The molecule has 1 aromatic rings. The molecule has 0 aromatic carbocycles. The van der Waals surface area contributed by atoms with Crippen LogP contribution in [0.15, 0.2) is 0 Å². The van der Waals surface area contributed by atoms with Crippen molar-refractivity contribution in [3.8, 4) is 0 Å². The summed E-state index contributed by atoms with van der Waals surface area (Å²) in [6, 6.07) is 0. The van der Waals surface area contributed by atoms with Crippen LogP contribution in [-0.2, 0) is 17.7 Å². The Hall–Kier alpha value is -1.43. The highest BCUT2D eigenvalue weighted by molar-refractivity contribution is 5.91. The Morgan fingerprint density at radius 2 is 2.36 bits per heavy atom. The topological polar surface area (TPSA) is 83.0 Å². The van der Waals surface area contributed by atoms with Crippen LogP contribution in [0.1, 0.15) is 23.1 Å². The first kappa shape index (κ1) is 10.6. The number of hydrogen-bond donors (Lipinski definition) is 1. The number of amides is 1. The quantitative estimate of drug-likeness (QED) is 0.696. The van der Waals surface area contributed by atoms with Gasteiger partial charge in [-0.3, -0.25) is 4.79 Å². The maximum Gasteiger partial charge on any atom is 0.271 e. The van der Waals surface area contributed by atoms with Crippen LogP contribution >= 0.6 is 0 Å². The summed E-state index contributed by atoms with van der Waals surface area (Å²) in [4.78, 5) is 10.9. The van der Waals surface area contributed by atoms with Crippen LogP contribution in [0, 0.1) is 0 Å². The summed E-state index contributed by atoms with van der Waals surface area (Å²) < 4.78 is 6.55. The zero-order valence-corrected chi connectivity index (χ0v) is 8.36. The lowest BCUT2D eigenvalue weighted by molar-refractivity contribution is 0.0994. The van der Waals surface area contributed by atoms with Gasteiger partial charge in [-0.05, 0) is 6.42 Å². The Labute approximate surface area is 82.0 Å². The number of carbonyl (C=O) groups excluding carboxylic acids is 1. The minimum absolute atomic E-state index is 0.253. The number of methoxy groups -OCH3 is 1. The first-order valence-electron chi connectivity index (χ1n) is 4.41. The molecule has 0 saturated carbocycles. The summed E-state index contributed by atoms with van der Waals surface area (Å²) in [5, 5.41) is 7.55. The van der Waals surface area contributed by atoms with Crippen molar-refractivity contribution in [2.24, 2.45) is 5.73 Å². The van der Waals surface area contributed by atoms with E-state index in [0.717, 1.165) is 5.69 Å². The van der Waals surface area contributed by atoms with E-state index in [2.05, 4.69) is 10.3 Å². The molecular formula is C8H14N4O2. The van der Waals surface area contributed by atoms with E-state index in [0.29, 0.717) is 19.6 Å². The zero-order chi connectivity index (χ0) is 10.6. The van der Waals surface area contributed by atoms with Crippen molar-refractivity contribution in [1.29, 1.82) is 0 Å². The zero-order valence-electron chi connectivity index (χ0n) is 8.36. The van der Waals surface area contributed by atoms with Crippen molar-refractivity contribution in [1.82, 2.24) is 15.0 Å². The fraction of sp³-hybridized carbons (Fsp3) is 0.625. The molecule has 0 saturated heterocycles. The normalized spacial score (nSPS) is 10.4. The second kappa shape index (κ2) is 4.71. The molecule has 1 rings (SSSR count). The van der Waals surface area contributed by atoms with Crippen LogP contribution < -0.4 is 5.73 Å². The molecule has 0 fully saturated rings. The van der Waals surface area contributed by atoms with E-state index >= 15 is 0 Å². The summed E-state index contributed by atoms with van der Waals surface area (Å²) in [5.41, 5.74) is 6.16. The van der Waals surface area contributed by atoms with Crippen LogP contribution in [0.2, 0.25) is 0 Å². The number of nitrogens with zero attached hydrogens (tertiary/aromatic N) is 3. The lowest BCUT2D eigenvalue weighted by Crippen LogP contribution is -2.15. The van der Waals surface area contributed by atoms with E-state index in [1.54, 1.807) is 11.8 Å². The average molecular weight is 198 g/mol. The molecule has 2 N–H and O–H groups in total. The second-order valence-electron chi connectivity index (χ2n) is 2.82. The maximum absolute atomic E-state index is 10.9. The van der Waals surface area contributed by atoms with Gasteiger partial charge in [0.2, 0.25) is 0 Å². The first-order valence-corrected chi connectivity index (χ1v) is 4.41. The van der Waals surface area contributed by atoms with Crippen molar-refractivity contribution in [2.75, 3.05) is 13.7 Å². The third-order valence-electron chi connectivity index (χ3n) is 1.91. The number of aromatic nitrogens is 3. The fourth-order valence-corrected chi connectivity index (χ4v) is 1.23. The van der Waals surface area contributed by atoms with E-state index in [1.165, 1.54) is 0 Å². The smallest absolute Gasteiger partial charge is 0.271 e. The number of ether oxygens (including phenoxy) is 1. The molecule has 6 nitrogen and oxygen atoms in total. The molecule has 0 spiro atoms. The molecule has 0 aliphatic rings. The molecule has 0 unspecified atom stereocenters. The van der Waals surface area contributed by atoms with Crippen LogP contribution in [0.4, 0.5) is 0 Å². The van der Waals surface area contributed by atoms with E-state index < -0.39 is 5.91 Å². The summed E-state index contributed by atoms with van der Waals surface area (Å²) in [7, 11) is 1.61. The molecule has 1 heterocycles. The fourth-order valence-electron chi connectivity index (χ4n) is 1.23. The monoisotopic (exact) mass is 198 g/mol. The Morgan fingerprint density at radius 3 is 2.86 bits per heavy atom. The molecule has 1 amide bonds. The molecule has 1 aromatic heterocycles. The van der Waals surface area contributed by atoms with Crippen molar-refractivity contribution >= 4 is 5.91 Å². The SMILES string of the molecule is CCc1c(C(N)=O)nnn1CCOC. The Balaban J connectivity index is 2.89. The minimum atomic E-state index is -0.537. The highest BCUT2D eigenvalue weighted by Crippen LogP contribution is 2.05. The van der Waals surface area contributed by atoms with Crippen molar-refractivity contribution in [3.05, 3.63) is 11.4 Å². The van der Waals surface area contributed by atoms with Crippen LogP contribution in [0.5, 0.6) is 0 Å². The van der Waals surface area contributed by atoms with Gasteiger partial charge in [-0.1, -0.05) is 12.1 Å². The van der Waals surface area contributed by atoms with Gasteiger partial charge in [-0.2, -0.15) is 0 Å². The van der Waals surface area contributed by atoms with Crippen LogP contribution in [0.25, 0.3) is 0 Å². The van der Waals surface area contributed by atoms with Gasteiger partial charge in [0.1, 0.15) is 0 Å². The Kier molecular flexibility index (Phi) is 3.58. The number of primary amides is 1. The Bertz CT molecular complexity index is 321. The van der Waals surface area contributed by atoms with Crippen LogP contribution in [0.3, 0.4) is 0 Å².